The van der Waals surface area contributed by atoms with Crippen LogP contribution >= 0.6 is 23.4 Å². The Bertz CT molecular complexity index is 1540. The zero-order chi connectivity index (χ0) is 26.5. The van der Waals surface area contributed by atoms with Crippen molar-refractivity contribution in [1.82, 2.24) is 5.01 Å². The number of hydrogen-bond acceptors (Lipinski definition) is 7. The molecule has 0 saturated carbocycles. The number of carbonyl (C=O) groups excluding carboxylic acids is 2. The summed E-state index contributed by atoms with van der Waals surface area (Å²) in [6.45, 7) is -0.499. The number of rotatable bonds is 7. The van der Waals surface area contributed by atoms with E-state index in [4.69, 9.17) is 20.8 Å². The highest BCUT2D eigenvalue weighted by Gasteiger charge is 2.35. The number of nitriles is 1. The Hall–Kier alpha value is -4.32. The molecule has 0 radical (unpaired) electrons. The zero-order valence-corrected chi connectivity index (χ0v) is 21.5. The normalized spacial score (nSPS) is 14.6. The van der Waals surface area contributed by atoms with Crippen molar-refractivity contribution in [3.05, 3.63) is 119 Å². The molecule has 0 aliphatic carbocycles. The summed E-state index contributed by atoms with van der Waals surface area (Å²) in [5.74, 6) is -0.550. The molecule has 1 amide bonds. The molecule has 0 spiro atoms. The largest absolute Gasteiger partial charge is 0.467 e. The van der Waals surface area contributed by atoms with Crippen molar-refractivity contribution < 1.29 is 18.7 Å². The summed E-state index contributed by atoms with van der Waals surface area (Å²) in [5.41, 5.74) is 2.33. The van der Waals surface area contributed by atoms with Crippen molar-refractivity contribution in [3.63, 3.8) is 0 Å². The van der Waals surface area contributed by atoms with Gasteiger partial charge >= 0.3 is 5.97 Å². The van der Waals surface area contributed by atoms with Crippen LogP contribution in [0.15, 0.2) is 111 Å². The molecule has 0 N–H and O–H groups in total. The predicted molar refractivity (Wildman–Crippen MR) is 143 cm³/mol. The Balaban J connectivity index is 1.32. The first-order chi connectivity index (χ1) is 18.5. The molecule has 9 heteroatoms. The van der Waals surface area contributed by atoms with Gasteiger partial charge in [-0.1, -0.05) is 59.8 Å². The fourth-order valence-corrected chi connectivity index (χ4v) is 5.16. The summed E-state index contributed by atoms with van der Waals surface area (Å²) in [6, 6.07) is 26.5. The lowest BCUT2D eigenvalue weighted by molar-refractivity contribution is -0.136. The Morgan fingerprint density at radius 3 is 2.50 bits per heavy atom. The minimum absolute atomic E-state index is 0.299. The second-order valence-electron chi connectivity index (χ2n) is 8.31. The van der Waals surface area contributed by atoms with Crippen LogP contribution in [0, 0.1) is 11.3 Å². The molecule has 1 atom stereocenters. The summed E-state index contributed by atoms with van der Waals surface area (Å²) in [7, 11) is 0. The first-order valence-electron chi connectivity index (χ1n) is 11.7. The molecular formula is C29H20ClN3O4S. The summed E-state index contributed by atoms with van der Waals surface area (Å²) >= 11 is 7.31. The van der Waals surface area contributed by atoms with Gasteiger partial charge in [0.2, 0.25) is 0 Å². The number of hydrogen-bond donors (Lipinski definition) is 0. The highest BCUT2D eigenvalue weighted by molar-refractivity contribution is 7.99. The van der Waals surface area contributed by atoms with Crippen LogP contribution in [0.3, 0.4) is 0 Å². The summed E-state index contributed by atoms with van der Waals surface area (Å²) in [4.78, 5) is 27.6. The lowest BCUT2D eigenvalue weighted by atomic mass is 10.0. The Morgan fingerprint density at radius 1 is 1.03 bits per heavy atom. The number of halogens is 1. The van der Waals surface area contributed by atoms with E-state index in [1.54, 1.807) is 60.7 Å². The number of amides is 1. The Morgan fingerprint density at radius 2 is 1.76 bits per heavy atom. The van der Waals surface area contributed by atoms with E-state index in [0.717, 1.165) is 5.56 Å². The van der Waals surface area contributed by atoms with Gasteiger partial charge in [0.15, 0.2) is 6.61 Å². The molecule has 0 bridgehead atoms. The second kappa shape index (κ2) is 11.4. The third-order valence-electron chi connectivity index (χ3n) is 5.88. The van der Waals surface area contributed by atoms with E-state index in [0.29, 0.717) is 43.8 Å². The molecular weight excluding hydrogens is 522 g/mol. The summed E-state index contributed by atoms with van der Waals surface area (Å²) in [5, 5.41) is 15.8. The molecule has 1 aliphatic heterocycles. The van der Waals surface area contributed by atoms with E-state index in [1.165, 1.54) is 23.0 Å². The SMILES string of the molecule is N#Cc1ccccc1Sc1ccccc1C(=O)OCC(=O)N1N=C(c2ccc(Cl)cc2)C[C@H]1c1ccco1. The van der Waals surface area contributed by atoms with E-state index in [2.05, 4.69) is 11.2 Å². The van der Waals surface area contributed by atoms with E-state index in [9.17, 15) is 14.9 Å². The standard InChI is InChI=1S/C29H20ClN3O4S/c30-21-13-11-19(12-14-21)23-16-24(25-8-5-15-36-25)33(32-23)28(34)18-37-29(35)22-7-2-4-10-27(22)38-26-9-3-1-6-20(26)17-31/h1-15,24H,16,18H2/t24-/m0/s1. The second-order valence-corrected chi connectivity index (χ2v) is 9.83. The molecule has 188 valence electrons. The average molecular weight is 542 g/mol. The van der Waals surface area contributed by atoms with Gasteiger partial charge in [-0.3, -0.25) is 4.79 Å². The van der Waals surface area contributed by atoms with Gasteiger partial charge < -0.3 is 9.15 Å². The molecule has 7 nitrogen and oxygen atoms in total. The van der Waals surface area contributed by atoms with Crippen LogP contribution in [0.1, 0.15) is 39.7 Å². The minimum atomic E-state index is -0.647. The van der Waals surface area contributed by atoms with Crippen molar-refractivity contribution in [2.75, 3.05) is 6.61 Å². The van der Waals surface area contributed by atoms with Gasteiger partial charge in [0.25, 0.3) is 5.91 Å². The maximum absolute atomic E-state index is 13.2. The lowest BCUT2D eigenvalue weighted by Gasteiger charge is -2.19. The number of esters is 1. The Labute approximate surface area is 228 Å². The van der Waals surface area contributed by atoms with E-state index in [1.807, 2.05) is 24.3 Å². The van der Waals surface area contributed by atoms with Gasteiger partial charge in [-0.15, -0.1) is 0 Å². The predicted octanol–water partition coefficient (Wildman–Crippen LogP) is 6.49. The quantitative estimate of drug-likeness (QED) is 0.248. The number of furan rings is 1. The first kappa shape index (κ1) is 25.3. The average Bonchev–Trinajstić information content (AvgIpc) is 3.63. The minimum Gasteiger partial charge on any atom is -0.467 e. The van der Waals surface area contributed by atoms with Crippen LogP contribution in [0.25, 0.3) is 0 Å². The van der Waals surface area contributed by atoms with Gasteiger partial charge in [0, 0.05) is 21.2 Å². The fraction of sp³-hybridized carbons (Fsp3) is 0.103. The monoisotopic (exact) mass is 541 g/mol. The van der Waals surface area contributed by atoms with Crippen LogP contribution < -0.4 is 0 Å². The van der Waals surface area contributed by atoms with Crippen LogP contribution in [0.2, 0.25) is 5.02 Å². The first-order valence-corrected chi connectivity index (χ1v) is 12.8. The smallest absolute Gasteiger partial charge is 0.339 e. The number of ether oxygens (including phenoxy) is 1. The lowest BCUT2D eigenvalue weighted by Crippen LogP contribution is -2.31. The Kier molecular flexibility index (Phi) is 7.59. The molecule has 0 saturated heterocycles. The number of nitrogens with zero attached hydrogens (tertiary/aromatic N) is 3. The third kappa shape index (κ3) is 5.49. The van der Waals surface area contributed by atoms with Crippen molar-refractivity contribution in [1.29, 1.82) is 5.26 Å². The van der Waals surface area contributed by atoms with Crippen LogP contribution in [-0.2, 0) is 9.53 Å². The summed E-state index contributed by atoms with van der Waals surface area (Å²) in [6.07, 6.45) is 1.98. The zero-order valence-electron chi connectivity index (χ0n) is 19.9. The highest BCUT2D eigenvalue weighted by atomic mass is 35.5. The number of benzene rings is 3. The fourth-order valence-electron chi connectivity index (χ4n) is 4.02. The third-order valence-corrected chi connectivity index (χ3v) is 7.28. The molecule has 1 aliphatic rings. The molecule has 0 fully saturated rings. The van der Waals surface area contributed by atoms with Crippen molar-refractivity contribution in [3.8, 4) is 6.07 Å². The van der Waals surface area contributed by atoms with Crippen molar-refractivity contribution in [2.45, 2.75) is 22.3 Å². The van der Waals surface area contributed by atoms with Crippen molar-refractivity contribution in [2.24, 2.45) is 5.10 Å². The van der Waals surface area contributed by atoms with Crippen LogP contribution in [0.4, 0.5) is 0 Å². The molecule has 38 heavy (non-hydrogen) atoms. The number of hydrazone groups is 1. The van der Waals surface area contributed by atoms with Gasteiger partial charge in [0.1, 0.15) is 17.9 Å². The highest BCUT2D eigenvalue weighted by Crippen LogP contribution is 2.34. The van der Waals surface area contributed by atoms with Crippen LogP contribution in [-0.4, -0.2) is 29.2 Å². The van der Waals surface area contributed by atoms with E-state index >= 15 is 0 Å². The molecule has 4 aromatic rings. The topological polar surface area (TPSA) is 95.9 Å². The van der Waals surface area contributed by atoms with E-state index < -0.39 is 24.5 Å². The van der Waals surface area contributed by atoms with Gasteiger partial charge in [-0.25, -0.2) is 9.80 Å². The molecule has 3 aromatic carbocycles. The molecule has 0 unspecified atom stereocenters. The van der Waals surface area contributed by atoms with Gasteiger partial charge in [0.05, 0.1) is 23.1 Å². The van der Waals surface area contributed by atoms with E-state index in [-0.39, 0.29) is 0 Å². The maximum atomic E-state index is 13.2. The molecule has 1 aromatic heterocycles. The summed E-state index contributed by atoms with van der Waals surface area (Å²) < 4.78 is 11.0. The molecule has 5 rings (SSSR count). The van der Waals surface area contributed by atoms with Gasteiger partial charge in [-0.2, -0.15) is 10.4 Å². The number of carbonyl (C=O) groups is 2. The van der Waals surface area contributed by atoms with Crippen molar-refractivity contribution >= 4 is 41.0 Å². The maximum Gasteiger partial charge on any atom is 0.339 e. The van der Waals surface area contributed by atoms with Crippen LogP contribution in [0.5, 0.6) is 0 Å². The molecule has 2 heterocycles. The van der Waals surface area contributed by atoms with Gasteiger partial charge in [-0.05, 0) is 54.1 Å².